The number of benzene rings is 3. The van der Waals surface area contributed by atoms with Gasteiger partial charge in [-0.05, 0) is 54.4 Å². The third kappa shape index (κ3) is 4.85. The van der Waals surface area contributed by atoms with Crippen molar-refractivity contribution >= 4 is 11.7 Å². The average molecular weight is 365 g/mol. The van der Waals surface area contributed by atoms with Crippen LogP contribution in [0.2, 0.25) is 0 Å². The van der Waals surface area contributed by atoms with Gasteiger partial charge in [0, 0.05) is 17.8 Å². The minimum atomic E-state index is -0.941. The van der Waals surface area contributed by atoms with Gasteiger partial charge in [0.15, 0.2) is 0 Å². The second kappa shape index (κ2) is 8.36. The Hall–Kier alpha value is -3.34. The minimum Gasteiger partial charge on any atom is -0.489 e. The maximum atomic E-state index is 13.0. The first-order valence-corrected chi connectivity index (χ1v) is 8.56. The molecule has 0 radical (unpaired) electrons. The van der Waals surface area contributed by atoms with Crippen LogP contribution in [-0.4, -0.2) is 11.1 Å². The van der Waals surface area contributed by atoms with Gasteiger partial charge in [0.2, 0.25) is 0 Å². The van der Waals surface area contributed by atoms with Crippen LogP contribution in [0.4, 0.5) is 10.1 Å². The number of carboxylic acids is 1. The summed E-state index contributed by atoms with van der Waals surface area (Å²) < 4.78 is 18.9. The van der Waals surface area contributed by atoms with Gasteiger partial charge in [-0.1, -0.05) is 30.3 Å². The first-order chi connectivity index (χ1) is 13.0. The quantitative estimate of drug-likeness (QED) is 0.617. The minimum absolute atomic E-state index is 0.265. The Bertz CT molecular complexity index is 939. The highest BCUT2D eigenvalue weighted by atomic mass is 19.1. The molecule has 5 heteroatoms. The summed E-state index contributed by atoms with van der Waals surface area (Å²) in [4.78, 5) is 11.0. The van der Waals surface area contributed by atoms with Crippen molar-refractivity contribution in [2.45, 2.75) is 20.1 Å². The molecule has 2 N–H and O–H groups in total. The Morgan fingerprint density at radius 3 is 2.52 bits per heavy atom. The predicted octanol–water partition coefficient (Wildman–Crippen LogP) is 5.02. The van der Waals surface area contributed by atoms with Crippen molar-refractivity contribution in [2.75, 3.05) is 5.32 Å². The molecule has 138 valence electrons. The van der Waals surface area contributed by atoms with Crippen molar-refractivity contribution in [3.63, 3.8) is 0 Å². The zero-order valence-electron chi connectivity index (χ0n) is 14.9. The van der Waals surface area contributed by atoms with Crippen LogP contribution in [0.1, 0.15) is 27.0 Å². The molecule has 0 aliphatic rings. The summed E-state index contributed by atoms with van der Waals surface area (Å²) in [5.41, 5.74) is 3.86. The number of halogens is 1. The van der Waals surface area contributed by atoms with Gasteiger partial charge in [-0.3, -0.25) is 0 Å². The Labute approximate surface area is 157 Å². The Balaban J connectivity index is 1.67. The molecule has 0 saturated heterocycles. The molecule has 4 nitrogen and oxygen atoms in total. The molecule has 0 heterocycles. The fourth-order valence-corrected chi connectivity index (χ4v) is 2.72. The second-order valence-corrected chi connectivity index (χ2v) is 6.21. The molecular formula is C22H20FNO3. The highest BCUT2D eigenvalue weighted by Crippen LogP contribution is 2.23. The summed E-state index contributed by atoms with van der Waals surface area (Å²) in [5, 5.41) is 12.4. The van der Waals surface area contributed by atoms with Crippen LogP contribution >= 0.6 is 0 Å². The molecule has 3 rings (SSSR count). The maximum Gasteiger partial charge on any atom is 0.335 e. The van der Waals surface area contributed by atoms with E-state index in [0.29, 0.717) is 13.2 Å². The van der Waals surface area contributed by atoms with E-state index in [2.05, 4.69) is 5.32 Å². The lowest BCUT2D eigenvalue weighted by Gasteiger charge is -2.14. The van der Waals surface area contributed by atoms with Gasteiger partial charge in [-0.25, -0.2) is 9.18 Å². The van der Waals surface area contributed by atoms with E-state index >= 15 is 0 Å². The zero-order valence-corrected chi connectivity index (χ0v) is 14.9. The number of anilines is 1. The van der Waals surface area contributed by atoms with E-state index in [1.165, 1.54) is 12.1 Å². The fraction of sp³-hybridized carbons (Fsp3) is 0.136. The van der Waals surface area contributed by atoms with E-state index in [0.717, 1.165) is 28.1 Å². The molecule has 3 aromatic rings. The molecule has 0 amide bonds. The molecule has 0 saturated carbocycles. The normalized spacial score (nSPS) is 10.4. The maximum absolute atomic E-state index is 13.0. The largest absolute Gasteiger partial charge is 0.489 e. The third-order valence-electron chi connectivity index (χ3n) is 4.22. The van der Waals surface area contributed by atoms with Gasteiger partial charge in [0.25, 0.3) is 0 Å². The molecule has 0 aromatic heterocycles. The van der Waals surface area contributed by atoms with E-state index in [9.17, 15) is 9.18 Å². The van der Waals surface area contributed by atoms with E-state index in [1.54, 1.807) is 30.3 Å². The summed E-state index contributed by atoms with van der Waals surface area (Å²) in [7, 11) is 0. The topological polar surface area (TPSA) is 58.6 Å². The number of carboxylic acid groups (broad SMARTS) is 1. The van der Waals surface area contributed by atoms with Crippen molar-refractivity contribution < 1.29 is 19.0 Å². The van der Waals surface area contributed by atoms with Crippen LogP contribution in [0.15, 0.2) is 66.7 Å². The average Bonchev–Trinajstić information content (AvgIpc) is 2.67. The molecule has 0 atom stereocenters. The number of aryl methyl sites for hydroxylation is 1. The first kappa shape index (κ1) is 18.5. The number of hydrogen-bond acceptors (Lipinski definition) is 3. The Morgan fingerprint density at radius 2 is 1.81 bits per heavy atom. The van der Waals surface area contributed by atoms with Crippen molar-refractivity contribution in [2.24, 2.45) is 0 Å². The molecular weight excluding hydrogens is 345 g/mol. The molecule has 27 heavy (non-hydrogen) atoms. The van der Waals surface area contributed by atoms with Crippen molar-refractivity contribution in [1.29, 1.82) is 0 Å². The SMILES string of the molecule is Cc1cc(C(=O)O)ccc1NCc1ccccc1OCc1ccc(F)cc1. The molecule has 0 unspecified atom stereocenters. The fourth-order valence-electron chi connectivity index (χ4n) is 2.72. The molecule has 0 aliphatic heterocycles. The molecule has 0 bridgehead atoms. The molecule has 3 aromatic carbocycles. The summed E-state index contributed by atoms with van der Waals surface area (Å²) in [5.74, 6) is -0.467. The lowest BCUT2D eigenvalue weighted by atomic mass is 10.1. The monoisotopic (exact) mass is 365 g/mol. The lowest BCUT2D eigenvalue weighted by Crippen LogP contribution is -2.05. The number of rotatable bonds is 7. The summed E-state index contributed by atoms with van der Waals surface area (Å²) in [6.45, 7) is 2.75. The van der Waals surface area contributed by atoms with Gasteiger partial charge in [-0.15, -0.1) is 0 Å². The van der Waals surface area contributed by atoms with Gasteiger partial charge < -0.3 is 15.2 Å². The van der Waals surface area contributed by atoms with Gasteiger partial charge in [0.05, 0.1) is 5.56 Å². The van der Waals surface area contributed by atoms with Crippen molar-refractivity contribution in [3.05, 3.63) is 94.8 Å². The van der Waals surface area contributed by atoms with Gasteiger partial charge >= 0.3 is 5.97 Å². The summed E-state index contributed by atoms with van der Waals surface area (Å²) in [6, 6.07) is 18.9. The van der Waals surface area contributed by atoms with Crippen LogP contribution < -0.4 is 10.1 Å². The zero-order chi connectivity index (χ0) is 19.2. The molecule has 0 fully saturated rings. The molecule has 0 spiro atoms. The highest BCUT2D eigenvalue weighted by Gasteiger charge is 2.08. The van der Waals surface area contributed by atoms with E-state index < -0.39 is 5.97 Å². The number of carbonyl (C=O) groups is 1. The number of ether oxygens (including phenoxy) is 1. The summed E-state index contributed by atoms with van der Waals surface area (Å²) in [6.07, 6.45) is 0. The number of aromatic carboxylic acids is 1. The van der Waals surface area contributed by atoms with Crippen LogP contribution in [0.5, 0.6) is 5.75 Å². The van der Waals surface area contributed by atoms with Crippen LogP contribution in [0, 0.1) is 12.7 Å². The van der Waals surface area contributed by atoms with E-state index in [1.807, 2.05) is 31.2 Å². The summed E-state index contributed by atoms with van der Waals surface area (Å²) >= 11 is 0. The van der Waals surface area contributed by atoms with Crippen LogP contribution in [0.25, 0.3) is 0 Å². The van der Waals surface area contributed by atoms with E-state index in [-0.39, 0.29) is 11.4 Å². The van der Waals surface area contributed by atoms with Crippen molar-refractivity contribution in [1.82, 2.24) is 0 Å². The van der Waals surface area contributed by atoms with E-state index in [4.69, 9.17) is 9.84 Å². The number of para-hydroxylation sites is 1. The number of hydrogen-bond donors (Lipinski definition) is 2. The highest BCUT2D eigenvalue weighted by molar-refractivity contribution is 5.88. The Kier molecular flexibility index (Phi) is 5.71. The lowest BCUT2D eigenvalue weighted by molar-refractivity contribution is 0.0697. The van der Waals surface area contributed by atoms with Crippen molar-refractivity contribution in [3.8, 4) is 5.75 Å². The number of nitrogens with one attached hydrogen (secondary N) is 1. The Morgan fingerprint density at radius 1 is 1.07 bits per heavy atom. The third-order valence-corrected chi connectivity index (χ3v) is 4.22. The van der Waals surface area contributed by atoms with Gasteiger partial charge in [-0.2, -0.15) is 0 Å². The van der Waals surface area contributed by atoms with Gasteiger partial charge in [0.1, 0.15) is 18.2 Å². The second-order valence-electron chi connectivity index (χ2n) is 6.21. The first-order valence-electron chi connectivity index (χ1n) is 8.56. The standard InChI is InChI=1S/C22H20FNO3/c1-15-12-17(22(25)26)8-11-20(15)24-13-18-4-2-3-5-21(18)27-14-16-6-9-19(23)10-7-16/h2-12,24H,13-14H2,1H3,(H,25,26). The molecule has 0 aliphatic carbocycles. The smallest absolute Gasteiger partial charge is 0.335 e. The van der Waals surface area contributed by atoms with Crippen LogP contribution in [-0.2, 0) is 13.2 Å². The van der Waals surface area contributed by atoms with Crippen LogP contribution in [0.3, 0.4) is 0 Å². The predicted molar refractivity (Wildman–Crippen MR) is 103 cm³/mol.